The Kier molecular flexibility index (Phi) is 10.7. The van der Waals surface area contributed by atoms with Gasteiger partial charge in [-0.15, -0.1) is 0 Å². The molecule has 3 aliphatic heterocycles. The van der Waals surface area contributed by atoms with E-state index in [0.717, 1.165) is 31.2 Å². The highest BCUT2D eigenvalue weighted by Gasteiger charge is 2.51. The summed E-state index contributed by atoms with van der Waals surface area (Å²) < 4.78 is 37.8. The number of hydrogen-bond donors (Lipinski definition) is 4. The van der Waals surface area contributed by atoms with E-state index in [9.17, 15) is 19.2 Å². The van der Waals surface area contributed by atoms with Gasteiger partial charge in [-0.1, -0.05) is 27.7 Å². The minimum absolute atomic E-state index is 0.0616. The van der Waals surface area contributed by atoms with Crippen molar-refractivity contribution < 1.29 is 42.5 Å². The number of methoxy groups -OCH3 is 2. The van der Waals surface area contributed by atoms with E-state index < -0.39 is 30.1 Å². The molecule has 16 nitrogen and oxygen atoms in total. The molecule has 0 spiro atoms. The molecule has 3 unspecified atom stereocenters. The highest BCUT2D eigenvalue weighted by atomic mass is 19.1. The Bertz CT molecular complexity index is 2270. The van der Waals surface area contributed by atoms with E-state index in [-0.39, 0.29) is 59.0 Å². The minimum atomic E-state index is -0.777. The van der Waals surface area contributed by atoms with Crippen molar-refractivity contribution in [1.29, 1.82) is 0 Å². The number of ether oxygens (including phenoxy) is 4. The van der Waals surface area contributed by atoms with Crippen LogP contribution in [0.25, 0.3) is 22.5 Å². The highest BCUT2D eigenvalue weighted by Crippen LogP contribution is 2.51. The Morgan fingerprint density at radius 2 is 1.54 bits per heavy atom. The van der Waals surface area contributed by atoms with Crippen molar-refractivity contribution in [3.05, 3.63) is 60.2 Å². The monoisotopic (exact) mass is 812 g/mol. The van der Waals surface area contributed by atoms with Crippen LogP contribution in [0.3, 0.4) is 0 Å². The molecule has 4 aliphatic rings. The number of imidazole rings is 2. The van der Waals surface area contributed by atoms with Gasteiger partial charge in [0.1, 0.15) is 29.5 Å². The molecule has 5 heterocycles. The number of likely N-dealkylation sites (tertiary alicyclic amines) is 2. The first kappa shape index (κ1) is 39.7. The first-order chi connectivity index (χ1) is 28.3. The number of halogens is 1. The number of alkyl carbamates (subject to hydrolysis) is 2. The molecule has 2 aromatic carbocycles. The lowest BCUT2D eigenvalue weighted by Gasteiger charge is -2.37. The molecule has 312 valence electrons. The van der Waals surface area contributed by atoms with E-state index in [1.165, 1.54) is 26.5 Å². The number of carbonyl (C=O) groups excluding carboxylic acids is 4. The van der Waals surface area contributed by atoms with Gasteiger partial charge in [0.15, 0.2) is 23.0 Å². The Hall–Kier alpha value is -6.13. The SMILES string of the molecule is COC(=O)N[C@H](C(=O)N1C2CCC(C2)C1c1nc(-c2ccc3c(c2)Oc2cc(F)c(-c4cnc([C@@H]5CCCN5C(=O)[C@@H](NC(=O)OC)C(C)C)[nH]4)cc2O3)c[nH]1)C(C)C. The van der Waals surface area contributed by atoms with Crippen LogP contribution in [0.2, 0.25) is 0 Å². The van der Waals surface area contributed by atoms with Crippen molar-refractivity contribution in [2.75, 3.05) is 20.8 Å². The van der Waals surface area contributed by atoms with Crippen LogP contribution in [0.1, 0.15) is 83.5 Å². The predicted octanol–water partition coefficient (Wildman–Crippen LogP) is 6.98. The zero-order chi connectivity index (χ0) is 41.7. The molecule has 2 aromatic heterocycles. The van der Waals surface area contributed by atoms with Crippen molar-refractivity contribution in [3.63, 3.8) is 0 Å². The van der Waals surface area contributed by atoms with Crippen molar-refractivity contribution >= 4 is 24.0 Å². The van der Waals surface area contributed by atoms with Gasteiger partial charge in [0.25, 0.3) is 0 Å². The number of rotatable bonds is 10. The molecule has 4 N–H and O–H groups in total. The summed E-state index contributed by atoms with van der Waals surface area (Å²) in [5, 5.41) is 5.37. The molecule has 8 rings (SSSR count). The first-order valence-electron chi connectivity index (χ1n) is 20.1. The smallest absolute Gasteiger partial charge is 0.407 e. The number of aromatic amines is 2. The van der Waals surface area contributed by atoms with Gasteiger partial charge in [0.05, 0.1) is 43.9 Å². The van der Waals surface area contributed by atoms with Crippen LogP contribution in [0.4, 0.5) is 14.0 Å². The van der Waals surface area contributed by atoms with Crippen molar-refractivity contribution in [2.24, 2.45) is 17.8 Å². The van der Waals surface area contributed by atoms with Crippen LogP contribution < -0.4 is 20.1 Å². The molecule has 3 fully saturated rings. The van der Waals surface area contributed by atoms with E-state index in [1.54, 1.807) is 29.3 Å². The summed E-state index contributed by atoms with van der Waals surface area (Å²) in [6.07, 6.45) is 6.14. The maximum Gasteiger partial charge on any atom is 0.407 e. The molecular weight excluding hydrogens is 764 g/mol. The number of aromatic nitrogens is 4. The summed E-state index contributed by atoms with van der Waals surface area (Å²) in [6, 6.07) is 6.12. The van der Waals surface area contributed by atoms with Gasteiger partial charge in [-0.25, -0.2) is 23.9 Å². The molecule has 1 saturated carbocycles. The number of fused-ring (bicyclic) bond motifs is 4. The van der Waals surface area contributed by atoms with Crippen LogP contribution in [0, 0.1) is 23.6 Å². The third-order valence-electron chi connectivity index (χ3n) is 12.0. The van der Waals surface area contributed by atoms with E-state index >= 15 is 4.39 Å². The summed E-state index contributed by atoms with van der Waals surface area (Å²) >= 11 is 0. The van der Waals surface area contributed by atoms with Crippen LogP contribution in [0.15, 0.2) is 42.7 Å². The van der Waals surface area contributed by atoms with Crippen molar-refractivity contribution in [1.82, 2.24) is 40.4 Å². The largest absolute Gasteiger partial charge is 0.453 e. The van der Waals surface area contributed by atoms with E-state index in [0.29, 0.717) is 53.3 Å². The average molecular weight is 813 g/mol. The second-order valence-corrected chi connectivity index (χ2v) is 16.3. The van der Waals surface area contributed by atoms with Gasteiger partial charge in [0, 0.05) is 36.0 Å². The van der Waals surface area contributed by atoms with Crippen LogP contribution in [0.5, 0.6) is 23.0 Å². The van der Waals surface area contributed by atoms with Crippen LogP contribution >= 0.6 is 0 Å². The zero-order valence-electron chi connectivity index (χ0n) is 33.8. The Morgan fingerprint density at radius 1 is 0.864 bits per heavy atom. The summed E-state index contributed by atoms with van der Waals surface area (Å²) in [7, 11) is 2.53. The molecule has 2 bridgehead atoms. The number of piperidine rings is 1. The predicted molar refractivity (Wildman–Crippen MR) is 211 cm³/mol. The molecule has 6 atom stereocenters. The molecule has 59 heavy (non-hydrogen) atoms. The maximum absolute atomic E-state index is 15.8. The van der Waals surface area contributed by atoms with E-state index in [4.69, 9.17) is 23.9 Å². The fourth-order valence-electron chi connectivity index (χ4n) is 8.96. The minimum Gasteiger partial charge on any atom is -0.453 e. The topological polar surface area (TPSA) is 193 Å². The fourth-order valence-corrected chi connectivity index (χ4v) is 8.96. The number of hydrogen-bond acceptors (Lipinski definition) is 10. The van der Waals surface area contributed by atoms with Crippen molar-refractivity contribution in [2.45, 2.75) is 90.0 Å². The van der Waals surface area contributed by atoms with Gasteiger partial charge in [-0.3, -0.25) is 9.59 Å². The molecule has 0 radical (unpaired) electrons. The van der Waals surface area contributed by atoms with Crippen LogP contribution in [-0.2, 0) is 19.1 Å². The summed E-state index contributed by atoms with van der Waals surface area (Å²) in [5.74, 6) is 1.45. The van der Waals surface area contributed by atoms with Gasteiger partial charge >= 0.3 is 12.2 Å². The molecule has 4 amide bonds. The third-order valence-corrected chi connectivity index (χ3v) is 12.0. The Labute approximate surface area is 340 Å². The number of carbonyl (C=O) groups is 4. The molecule has 1 aliphatic carbocycles. The number of nitrogens with one attached hydrogen (secondary N) is 4. The summed E-state index contributed by atoms with van der Waals surface area (Å²) in [5.41, 5.74) is 1.99. The molecule has 2 saturated heterocycles. The van der Waals surface area contributed by atoms with Crippen LogP contribution in [-0.4, -0.2) is 92.6 Å². The lowest BCUT2D eigenvalue weighted by Crippen LogP contribution is -2.54. The zero-order valence-corrected chi connectivity index (χ0v) is 33.8. The number of nitrogens with zero attached hydrogens (tertiary/aromatic N) is 4. The number of amides is 4. The van der Waals surface area contributed by atoms with Crippen molar-refractivity contribution in [3.8, 4) is 45.5 Å². The highest BCUT2D eigenvalue weighted by molar-refractivity contribution is 5.87. The van der Waals surface area contributed by atoms with E-state index in [1.807, 2.05) is 38.7 Å². The number of benzene rings is 2. The molecule has 4 aromatic rings. The second kappa shape index (κ2) is 15.9. The van der Waals surface area contributed by atoms with Gasteiger partial charge < -0.3 is 49.3 Å². The Morgan fingerprint density at radius 3 is 2.25 bits per heavy atom. The van der Waals surface area contributed by atoms with Gasteiger partial charge in [0.2, 0.25) is 11.8 Å². The Balaban J connectivity index is 0.983. The first-order valence-corrected chi connectivity index (χ1v) is 20.1. The standard InChI is InChI=1S/C42H49FN8O8/c1-20(2)34(48-41(54)56-5)39(52)50-13-7-8-29(50)37-44-19-28(47-37)25-16-32-33(17-26(25)43)59-31-15-22(10-12-30(31)58-32)27-18-45-38(46-27)36-23-9-11-24(14-23)51(36)40(53)35(21(3)4)49-42(55)57-6/h10,12,15-21,23-24,29,34-36H,7-9,11,13-14H2,1-6H3,(H,44,47)(H,45,46)(H,48,54)(H,49,55)/t23?,24?,29-,34-,35-,36?/m0/s1. The second-order valence-electron chi connectivity index (χ2n) is 16.3. The molecule has 17 heteroatoms. The quantitative estimate of drug-likeness (QED) is 0.114. The lowest BCUT2D eigenvalue weighted by molar-refractivity contribution is -0.139. The normalized spacial score (nSPS) is 21.4. The van der Waals surface area contributed by atoms with Gasteiger partial charge in [-0.2, -0.15) is 0 Å². The lowest BCUT2D eigenvalue weighted by atomic mass is 9.95. The molecular formula is C42H49FN8O8. The average Bonchev–Trinajstić information content (AvgIpc) is 4.08. The number of H-pyrrole nitrogens is 2. The third kappa shape index (κ3) is 7.42. The summed E-state index contributed by atoms with van der Waals surface area (Å²) in [6.45, 7) is 7.97. The van der Waals surface area contributed by atoms with Gasteiger partial charge in [-0.05, 0) is 74.1 Å². The maximum atomic E-state index is 15.8. The van der Waals surface area contributed by atoms with E-state index in [2.05, 4.69) is 25.6 Å². The fraction of sp³-hybridized carbons (Fsp3) is 0.476. The summed E-state index contributed by atoms with van der Waals surface area (Å²) in [4.78, 5) is 71.3.